The van der Waals surface area contributed by atoms with E-state index in [1.165, 1.54) is 0 Å². The number of piperidine rings is 1. The number of nitrogens with two attached hydrogens (primary N) is 1. The van der Waals surface area contributed by atoms with E-state index in [4.69, 9.17) is 27.2 Å². The van der Waals surface area contributed by atoms with Gasteiger partial charge in [0, 0.05) is 5.69 Å². The van der Waals surface area contributed by atoms with Crippen LogP contribution < -0.4 is 21.1 Å². The Morgan fingerprint density at radius 2 is 1.87 bits per heavy atom. The van der Waals surface area contributed by atoms with Crippen LogP contribution in [0.3, 0.4) is 0 Å². The Morgan fingerprint density at radius 1 is 1.16 bits per heavy atom. The highest BCUT2D eigenvalue weighted by Gasteiger charge is 2.47. The average molecular weight is 558 g/mol. The minimum atomic E-state index is -1.28. The summed E-state index contributed by atoms with van der Waals surface area (Å²) in [6.45, 7) is 2.74. The van der Waals surface area contributed by atoms with Crippen LogP contribution in [0, 0.1) is 12.8 Å². The molecule has 6 N–H and O–H groups in total. The summed E-state index contributed by atoms with van der Waals surface area (Å²) in [5, 5.41) is 25.4. The number of nitrogens with one attached hydrogen (secondary N) is 2. The molecule has 0 aliphatic carbocycles. The summed E-state index contributed by atoms with van der Waals surface area (Å²) in [4.78, 5) is 36.3. The molecule has 2 aromatic carbocycles. The number of halogens is 1. The number of rotatable bonds is 10. The number of carboxylic acid groups (broad SMARTS) is 2. The van der Waals surface area contributed by atoms with Crippen molar-refractivity contribution in [2.75, 3.05) is 25.0 Å². The summed E-state index contributed by atoms with van der Waals surface area (Å²) < 4.78 is 5.20. The van der Waals surface area contributed by atoms with Crippen LogP contribution in [0.25, 0.3) is 10.4 Å². The fourth-order valence-corrected chi connectivity index (χ4v) is 6.41. The van der Waals surface area contributed by atoms with Gasteiger partial charge < -0.3 is 31.3 Å². The number of ether oxygens (including phenoxy) is 1. The SMILES string of the molecule is Cc1ccccc1C(Nc1cccc(-c2sc(C(=O)O)c(OCC(=O)O)c2Cl)c1)(C(N)=O)C1CCNCC1. The predicted octanol–water partition coefficient (Wildman–Crippen LogP) is 4.33. The number of hydrogen-bond acceptors (Lipinski definition) is 7. The Bertz CT molecular complexity index is 1370. The van der Waals surface area contributed by atoms with Crippen molar-refractivity contribution >= 4 is 46.5 Å². The molecule has 200 valence electrons. The van der Waals surface area contributed by atoms with Gasteiger partial charge in [-0.05, 0) is 67.6 Å². The van der Waals surface area contributed by atoms with Gasteiger partial charge in [-0.15, -0.1) is 11.3 Å². The standard InChI is InChI=1S/C27H28ClN3O6S/c1-15-5-2-3-8-19(15)27(26(29)36,17-9-11-30-12-10-17)31-18-7-4-6-16(13-18)23-21(28)22(37-14-20(32)33)24(38-23)25(34)35/h2-8,13,17,30-31H,9-12,14H2,1H3,(H2,29,36)(H,32,33)(H,34,35). The summed E-state index contributed by atoms with van der Waals surface area (Å²) in [6.07, 6.45) is 1.49. The molecule has 1 aliphatic heterocycles. The third kappa shape index (κ3) is 5.33. The number of primary amides is 1. The molecule has 1 atom stereocenters. The summed E-state index contributed by atoms with van der Waals surface area (Å²) in [5.41, 5.74) is 7.88. The van der Waals surface area contributed by atoms with E-state index in [1.54, 1.807) is 18.2 Å². The monoisotopic (exact) mass is 557 g/mol. The number of aliphatic carboxylic acids is 1. The van der Waals surface area contributed by atoms with Crippen LogP contribution in [0.15, 0.2) is 48.5 Å². The molecule has 9 nitrogen and oxygen atoms in total. The van der Waals surface area contributed by atoms with Crippen molar-refractivity contribution in [3.8, 4) is 16.2 Å². The van der Waals surface area contributed by atoms with E-state index >= 15 is 0 Å². The maximum absolute atomic E-state index is 13.3. The summed E-state index contributed by atoms with van der Waals surface area (Å²) in [7, 11) is 0. The number of aryl methyl sites for hydroxylation is 1. The van der Waals surface area contributed by atoms with Crippen molar-refractivity contribution in [3.05, 3.63) is 69.6 Å². The molecule has 1 unspecified atom stereocenters. The fourth-order valence-electron chi connectivity index (χ4n) is 5.01. The van der Waals surface area contributed by atoms with Crippen molar-refractivity contribution < 1.29 is 29.3 Å². The largest absolute Gasteiger partial charge is 0.479 e. The van der Waals surface area contributed by atoms with E-state index < -0.39 is 30.0 Å². The molecule has 1 saturated heterocycles. The molecule has 0 spiro atoms. The zero-order valence-corrected chi connectivity index (χ0v) is 22.2. The number of benzene rings is 2. The molecule has 1 amide bonds. The molecule has 0 radical (unpaired) electrons. The lowest BCUT2D eigenvalue weighted by atomic mass is 9.71. The molecule has 1 aromatic heterocycles. The van der Waals surface area contributed by atoms with E-state index in [-0.39, 0.29) is 21.6 Å². The molecule has 11 heteroatoms. The molecular weight excluding hydrogens is 530 g/mol. The number of carbonyl (C=O) groups excluding carboxylic acids is 1. The Kier molecular flexibility index (Phi) is 8.25. The molecule has 1 fully saturated rings. The third-order valence-corrected chi connectivity index (χ3v) is 8.40. The van der Waals surface area contributed by atoms with Crippen molar-refractivity contribution in [1.82, 2.24) is 5.32 Å². The van der Waals surface area contributed by atoms with E-state index in [2.05, 4.69) is 10.6 Å². The smallest absolute Gasteiger partial charge is 0.349 e. The second kappa shape index (κ2) is 11.4. The Labute approximate surface area is 228 Å². The van der Waals surface area contributed by atoms with Gasteiger partial charge in [-0.2, -0.15) is 0 Å². The second-order valence-electron chi connectivity index (χ2n) is 9.11. The molecule has 4 rings (SSSR count). The van der Waals surface area contributed by atoms with Crippen molar-refractivity contribution in [1.29, 1.82) is 0 Å². The lowest BCUT2D eigenvalue weighted by molar-refractivity contribution is -0.139. The van der Waals surface area contributed by atoms with Gasteiger partial charge in [-0.1, -0.05) is 48.0 Å². The quantitative estimate of drug-likeness (QED) is 0.247. The number of aromatic carboxylic acids is 1. The predicted molar refractivity (Wildman–Crippen MR) is 146 cm³/mol. The number of carbonyl (C=O) groups is 3. The van der Waals surface area contributed by atoms with E-state index in [0.717, 1.165) is 48.4 Å². The highest BCUT2D eigenvalue weighted by molar-refractivity contribution is 7.18. The Hall–Kier alpha value is -3.60. The Morgan fingerprint density at radius 3 is 2.50 bits per heavy atom. The zero-order valence-electron chi connectivity index (χ0n) is 20.6. The van der Waals surface area contributed by atoms with Crippen molar-refractivity contribution in [2.24, 2.45) is 11.7 Å². The van der Waals surface area contributed by atoms with Crippen LogP contribution in [-0.4, -0.2) is 47.8 Å². The number of carboxylic acids is 2. The maximum Gasteiger partial charge on any atom is 0.349 e. The maximum atomic E-state index is 13.3. The number of anilines is 1. The first-order valence-electron chi connectivity index (χ1n) is 12.0. The normalized spacial score (nSPS) is 15.4. The molecule has 0 bridgehead atoms. The molecule has 3 aromatic rings. The van der Waals surface area contributed by atoms with Crippen LogP contribution in [0.4, 0.5) is 5.69 Å². The van der Waals surface area contributed by atoms with Crippen LogP contribution >= 0.6 is 22.9 Å². The first kappa shape index (κ1) is 27.4. The number of thiophene rings is 1. The number of amides is 1. The van der Waals surface area contributed by atoms with Gasteiger partial charge >= 0.3 is 11.9 Å². The van der Waals surface area contributed by atoms with Crippen LogP contribution in [0.2, 0.25) is 5.02 Å². The topological polar surface area (TPSA) is 151 Å². The molecule has 1 aliphatic rings. The molecule has 38 heavy (non-hydrogen) atoms. The van der Waals surface area contributed by atoms with E-state index in [1.807, 2.05) is 37.3 Å². The van der Waals surface area contributed by atoms with Crippen molar-refractivity contribution in [2.45, 2.75) is 25.3 Å². The lowest BCUT2D eigenvalue weighted by Gasteiger charge is -2.43. The van der Waals surface area contributed by atoms with Gasteiger partial charge in [0.2, 0.25) is 5.91 Å². The number of hydrogen-bond donors (Lipinski definition) is 5. The van der Waals surface area contributed by atoms with E-state index in [0.29, 0.717) is 16.1 Å². The van der Waals surface area contributed by atoms with Gasteiger partial charge in [0.25, 0.3) is 0 Å². The fraction of sp³-hybridized carbons (Fsp3) is 0.296. The summed E-state index contributed by atoms with van der Waals surface area (Å²) >= 11 is 7.38. The van der Waals surface area contributed by atoms with Crippen LogP contribution in [0.1, 0.15) is 33.6 Å². The van der Waals surface area contributed by atoms with E-state index in [9.17, 15) is 19.5 Å². The minimum absolute atomic E-state index is 0.00391. The second-order valence-corrected chi connectivity index (χ2v) is 10.5. The van der Waals surface area contributed by atoms with Gasteiger partial charge in [0.05, 0.1) is 4.88 Å². The molecular formula is C27H28ClN3O6S. The van der Waals surface area contributed by atoms with Crippen LogP contribution in [-0.2, 0) is 15.1 Å². The average Bonchev–Trinajstić information content (AvgIpc) is 3.23. The highest BCUT2D eigenvalue weighted by atomic mass is 35.5. The van der Waals surface area contributed by atoms with Gasteiger partial charge in [-0.3, -0.25) is 4.79 Å². The first-order chi connectivity index (χ1) is 18.1. The van der Waals surface area contributed by atoms with Gasteiger partial charge in [-0.25, -0.2) is 9.59 Å². The third-order valence-electron chi connectivity index (χ3n) is 6.72. The summed E-state index contributed by atoms with van der Waals surface area (Å²) in [5.74, 6) is -3.30. The zero-order chi connectivity index (χ0) is 27.4. The van der Waals surface area contributed by atoms with Gasteiger partial charge in [0.15, 0.2) is 17.2 Å². The van der Waals surface area contributed by atoms with Crippen LogP contribution in [0.5, 0.6) is 5.75 Å². The van der Waals surface area contributed by atoms with Crippen molar-refractivity contribution in [3.63, 3.8) is 0 Å². The lowest BCUT2D eigenvalue weighted by Crippen LogP contribution is -2.55. The first-order valence-corrected chi connectivity index (χ1v) is 13.2. The highest BCUT2D eigenvalue weighted by Crippen LogP contribution is 2.46. The molecule has 0 saturated carbocycles. The summed E-state index contributed by atoms with van der Waals surface area (Å²) in [6, 6.07) is 14.7. The Balaban J connectivity index is 1.79. The minimum Gasteiger partial charge on any atom is -0.479 e. The van der Waals surface area contributed by atoms with Gasteiger partial charge in [0.1, 0.15) is 10.6 Å². The molecule has 2 heterocycles.